The number of rotatable bonds is 4. The molecule has 3 atom stereocenters. The Morgan fingerprint density at radius 1 is 1.40 bits per heavy atom. The van der Waals surface area contributed by atoms with E-state index in [0.29, 0.717) is 5.69 Å². The van der Waals surface area contributed by atoms with Crippen LogP contribution in [0.3, 0.4) is 0 Å². The van der Waals surface area contributed by atoms with Gasteiger partial charge in [0.25, 0.3) is 0 Å². The monoisotopic (exact) mass is 275 g/mol. The van der Waals surface area contributed by atoms with E-state index in [1.165, 1.54) is 25.7 Å². The Labute approximate surface area is 118 Å². The molecule has 2 saturated carbocycles. The molecule has 0 spiro atoms. The third-order valence-electron chi connectivity index (χ3n) is 4.79. The van der Waals surface area contributed by atoms with Gasteiger partial charge in [0.05, 0.1) is 12.4 Å². The van der Waals surface area contributed by atoms with Gasteiger partial charge in [0, 0.05) is 13.6 Å². The molecular weight excluding hydrogens is 254 g/mol. The SMILES string of the molecule is CN(CC1CC2CCC1C2)c1cnc(C(N)=NO)cn1. The summed E-state index contributed by atoms with van der Waals surface area (Å²) in [6, 6.07) is 0. The molecule has 2 bridgehead atoms. The molecular formula is C14H21N5O. The third-order valence-corrected chi connectivity index (χ3v) is 4.79. The van der Waals surface area contributed by atoms with E-state index >= 15 is 0 Å². The molecule has 20 heavy (non-hydrogen) atoms. The molecule has 3 unspecified atom stereocenters. The Morgan fingerprint density at radius 2 is 2.25 bits per heavy atom. The van der Waals surface area contributed by atoms with Crippen molar-refractivity contribution in [2.75, 3.05) is 18.5 Å². The van der Waals surface area contributed by atoms with Crippen molar-refractivity contribution in [2.45, 2.75) is 25.7 Å². The average Bonchev–Trinajstić information content (AvgIpc) is 3.09. The first-order chi connectivity index (χ1) is 9.67. The van der Waals surface area contributed by atoms with Crippen LogP contribution in [0.2, 0.25) is 0 Å². The lowest BCUT2D eigenvalue weighted by atomic mass is 9.88. The summed E-state index contributed by atoms with van der Waals surface area (Å²) < 4.78 is 0. The quantitative estimate of drug-likeness (QED) is 0.376. The van der Waals surface area contributed by atoms with Crippen LogP contribution in [0.25, 0.3) is 0 Å². The smallest absolute Gasteiger partial charge is 0.190 e. The van der Waals surface area contributed by atoms with E-state index in [1.54, 1.807) is 12.4 Å². The number of oxime groups is 1. The van der Waals surface area contributed by atoms with Crippen LogP contribution >= 0.6 is 0 Å². The van der Waals surface area contributed by atoms with Gasteiger partial charge in [-0.2, -0.15) is 0 Å². The number of aromatic nitrogens is 2. The highest BCUT2D eigenvalue weighted by Crippen LogP contribution is 2.48. The molecule has 1 heterocycles. The minimum absolute atomic E-state index is 0.0141. The number of hydrogen-bond donors (Lipinski definition) is 2. The van der Waals surface area contributed by atoms with Crippen LogP contribution < -0.4 is 10.6 Å². The molecule has 2 fully saturated rings. The first-order valence-electron chi connectivity index (χ1n) is 7.18. The summed E-state index contributed by atoms with van der Waals surface area (Å²) in [5.41, 5.74) is 5.87. The molecule has 3 rings (SSSR count). The number of hydrogen-bond acceptors (Lipinski definition) is 5. The molecule has 2 aliphatic rings. The van der Waals surface area contributed by atoms with Gasteiger partial charge in [-0.25, -0.2) is 9.97 Å². The molecule has 2 aliphatic carbocycles. The van der Waals surface area contributed by atoms with E-state index in [4.69, 9.17) is 10.9 Å². The highest BCUT2D eigenvalue weighted by atomic mass is 16.4. The Bertz CT molecular complexity index is 501. The fraction of sp³-hybridized carbons (Fsp3) is 0.643. The predicted octanol–water partition coefficient (Wildman–Crippen LogP) is 1.44. The van der Waals surface area contributed by atoms with Gasteiger partial charge in [0.15, 0.2) is 5.84 Å². The van der Waals surface area contributed by atoms with Crippen LogP contribution in [-0.4, -0.2) is 34.6 Å². The zero-order valence-electron chi connectivity index (χ0n) is 11.7. The van der Waals surface area contributed by atoms with Gasteiger partial charge in [0.1, 0.15) is 11.5 Å². The Morgan fingerprint density at radius 3 is 2.80 bits per heavy atom. The number of nitrogens with zero attached hydrogens (tertiary/aromatic N) is 4. The predicted molar refractivity (Wildman–Crippen MR) is 76.8 cm³/mol. The highest BCUT2D eigenvalue weighted by Gasteiger charge is 2.39. The van der Waals surface area contributed by atoms with E-state index in [9.17, 15) is 0 Å². The van der Waals surface area contributed by atoms with Gasteiger partial charge < -0.3 is 15.8 Å². The maximum Gasteiger partial charge on any atom is 0.190 e. The minimum Gasteiger partial charge on any atom is -0.409 e. The van der Waals surface area contributed by atoms with E-state index in [1.807, 2.05) is 0 Å². The van der Waals surface area contributed by atoms with Crippen LogP contribution in [0, 0.1) is 17.8 Å². The number of amidine groups is 1. The van der Waals surface area contributed by atoms with Crippen molar-refractivity contribution in [3.63, 3.8) is 0 Å². The van der Waals surface area contributed by atoms with Crippen molar-refractivity contribution in [2.24, 2.45) is 28.6 Å². The summed E-state index contributed by atoms with van der Waals surface area (Å²) in [4.78, 5) is 10.7. The molecule has 108 valence electrons. The number of fused-ring (bicyclic) bond motifs is 2. The van der Waals surface area contributed by atoms with Crippen LogP contribution in [-0.2, 0) is 0 Å². The molecule has 1 aromatic rings. The van der Waals surface area contributed by atoms with E-state index in [2.05, 4.69) is 27.1 Å². The second kappa shape index (κ2) is 5.26. The number of anilines is 1. The zero-order chi connectivity index (χ0) is 14.1. The van der Waals surface area contributed by atoms with Gasteiger partial charge in [-0.05, 0) is 37.0 Å². The fourth-order valence-corrected chi connectivity index (χ4v) is 3.75. The lowest BCUT2D eigenvalue weighted by Gasteiger charge is -2.27. The Kier molecular flexibility index (Phi) is 3.46. The molecule has 3 N–H and O–H groups in total. The van der Waals surface area contributed by atoms with Crippen molar-refractivity contribution in [3.8, 4) is 0 Å². The molecule has 0 aliphatic heterocycles. The highest BCUT2D eigenvalue weighted by molar-refractivity contribution is 5.94. The second-order valence-electron chi connectivity index (χ2n) is 6.06. The second-order valence-corrected chi connectivity index (χ2v) is 6.06. The standard InChI is InChI=1S/C14H21N5O/c1-19(8-11-5-9-2-3-10(11)4-9)13-7-16-12(6-17-13)14(15)18-20/h6-7,9-11,20H,2-5,8H2,1H3,(H2,15,18). The molecule has 0 saturated heterocycles. The van der Waals surface area contributed by atoms with Crippen LogP contribution in [0.4, 0.5) is 5.82 Å². The van der Waals surface area contributed by atoms with E-state index < -0.39 is 0 Å². The third kappa shape index (κ3) is 2.42. The lowest BCUT2D eigenvalue weighted by Crippen LogP contribution is -2.29. The van der Waals surface area contributed by atoms with Crippen LogP contribution in [0.15, 0.2) is 17.5 Å². The van der Waals surface area contributed by atoms with Crippen LogP contribution in [0.5, 0.6) is 0 Å². The minimum atomic E-state index is -0.0141. The lowest BCUT2D eigenvalue weighted by molar-refractivity contribution is 0.318. The molecule has 0 aromatic carbocycles. The number of nitrogens with two attached hydrogens (primary N) is 1. The molecule has 0 amide bonds. The Hall–Kier alpha value is -1.85. The van der Waals surface area contributed by atoms with E-state index in [0.717, 1.165) is 30.1 Å². The Balaban J connectivity index is 1.64. The van der Waals surface area contributed by atoms with Crippen molar-refractivity contribution in [3.05, 3.63) is 18.1 Å². The summed E-state index contributed by atoms with van der Waals surface area (Å²) in [7, 11) is 2.05. The van der Waals surface area contributed by atoms with Crippen LogP contribution in [0.1, 0.15) is 31.4 Å². The summed E-state index contributed by atoms with van der Waals surface area (Å²) in [5.74, 6) is 3.49. The molecule has 1 aromatic heterocycles. The largest absolute Gasteiger partial charge is 0.409 e. The van der Waals surface area contributed by atoms with Crippen molar-refractivity contribution in [1.29, 1.82) is 0 Å². The zero-order valence-corrected chi connectivity index (χ0v) is 11.7. The first kappa shape index (κ1) is 13.1. The van der Waals surface area contributed by atoms with Crippen molar-refractivity contribution in [1.82, 2.24) is 9.97 Å². The average molecular weight is 275 g/mol. The van der Waals surface area contributed by atoms with Crippen molar-refractivity contribution >= 4 is 11.7 Å². The molecule has 6 nitrogen and oxygen atoms in total. The summed E-state index contributed by atoms with van der Waals surface area (Å²) in [5, 5.41) is 11.5. The van der Waals surface area contributed by atoms with Gasteiger partial charge in [-0.1, -0.05) is 11.6 Å². The normalized spacial score (nSPS) is 28.9. The fourth-order valence-electron chi connectivity index (χ4n) is 3.75. The summed E-state index contributed by atoms with van der Waals surface area (Å²) >= 11 is 0. The van der Waals surface area contributed by atoms with Crippen molar-refractivity contribution < 1.29 is 5.21 Å². The van der Waals surface area contributed by atoms with Gasteiger partial charge in [-0.3, -0.25) is 0 Å². The van der Waals surface area contributed by atoms with Gasteiger partial charge >= 0.3 is 0 Å². The first-order valence-corrected chi connectivity index (χ1v) is 7.18. The van der Waals surface area contributed by atoms with Gasteiger partial charge in [0.2, 0.25) is 0 Å². The van der Waals surface area contributed by atoms with E-state index in [-0.39, 0.29) is 5.84 Å². The maximum atomic E-state index is 8.60. The molecule has 6 heteroatoms. The summed E-state index contributed by atoms with van der Waals surface area (Å²) in [6.07, 6.45) is 8.84. The summed E-state index contributed by atoms with van der Waals surface area (Å²) in [6.45, 7) is 1.04. The van der Waals surface area contributed by atoms with Gasteiger partial charge in [-0.15, -0.1) is 0 Å². The molecule has 0 radical (unpaired) electrons. The maximum absolute atomic E-state index is 8.60. The topological polar surface area (TPSA) is 87.6 Å².